The van der Waals surface area contributed by atoms with Crippen LogP contribution in [-0.2, 0) is 4.79 Å². The molecule has 126 valence electrons. The fraction of sp³-hybridized carbons (Fsp3) is 0.500. The van der Waals surface area contributed by atoms with Crippen molar-refractivity contribution in [2.24, 2.45) is 0 Å². The summed E-state index contributed by atoms with van der Waals surface area (Å²) >= 11 is 0. The molecule has 0 unspecified atom stereocenters. The van der Waals surface area contributed by atoms with Gasteiger partial charge in [0.25, 0.3) is 5.92 Å². The number of halogens is 2. The van der Waals surface area contributed by atoms with E-state index in [1.54, 1.807) is 24.3 Å². The Morgan fingerprint density at radius 1 is 1.17 bits per heavy atom. The molecule has 1 heterocycles. The second-order valence-electron chi connectivity index (χ2n) is 5.65. The number of piperidine rings is 1. The summed E-state index contributed by atoms with van der Waals surface area (Å²) in [4.78, 5) is 25.0. The van der Waals surface area contributed by atoms with Crippen molar-refractivity contribution in [3.8, 4) is 0 Å². The first kappa shape index (κ1) is 17.2. The van der Waals surface area contributed by atoms with Gasteiger partial charge in [-0.1, -0.05) is 13.0 Å². The number of amides is 3. The number of nitrogens with zero attached hydrogens (tertiary/aromatic N) is 1. The molecule has 5 nitrogen and oxygen atoms in total. The summed E-state index contributed by atoms with van der Waals surface area (Å²) in [5.74, 6) is -2.77. The number of benzene rings is 1. The van der Waals surface area contributed by atoms with Crippen molar-refractivity contribution in [3.05, 3.63) is 24.3 Å². The molecule has 0 atom stereocenters. The monoisotopic (exact) mass is 325 g/mol. The molecule has 0 aliphatic carbocycles. The van der Waals surface area contributed by atoms with Gasteiger partial charge in [0.05, 0.1) is 0 Å². The number of carbonyl (C=O) groups excluding carboxylic acids is 2. The van der Waals surface area contributed by atoms with Crippen molar-refractivity contribution in [1.29, 1.82) is 0 Å². The van der Waals surface area contributed by atoms with Crippen molar-refractivity contribution in [2.75, 3.05) is 23.7 Å². The van der Waals surface area contributed by atoms with Crippen LogP contribution in [0.3, 0.4) is 0 Å². The predicted octanol–water partition coefficient (Wildman–Crippen LogP) is 3.69. The second-order valence-corrected chi connectivity index (χ2v) is 5.65. The molecule has 0 aromatic heterocycles. The molecule has 3 amide bonds. The van der Waals surface area contributed by atoms with E-state index in [9.17, 15) is 18.4 Å². The standard InChI is InChI=1S/C16H21F2N3O2/c1-2-4-14(22)19-12-5-3-6-13(11-12)20-15(23)21-9-7-16(17,18)8-10-21/h3,5-6,11H,2,4,7-10H2,1H3,(H,19,22)(H,20,23). The third kappa shape index (κ3) is 5.19. The maximum Gasteiger partial charge on any atom is 0.321 e. The average Bonchev–Trinajstić information content (AvgIpc) is 2.47. The van der Waals surface area contributed by atoms with Crippen molar-refractivity contribution in [2.45, 2.75) is 38.5 Å². The van der Waals surface area contributed by atoms with E-state index in [1.165, 1.54) is 4.90 Å². The van der Waals surface area contributed by atoms with Gasteiger partial charge in [0, 0.05) is 43.7 Å². The molecule has 0 saturated carbocycles. The third-order valence-electron chi connectivity index (χ3n) is 3.66. The third-order valence-corrected chi connectivity index (χ3v) is 3.66. The number of likely N-dealkylation sites (tertiary alicyclic amines) is 1. The van der Waals surface area contributed by atoms with E-state index in [0.717, 1.165) is 6.42 Å². The minimum atomic E-state index is -2.68. The van der Waals surface area contributed by atoms with E-state index >= 15 is 0 Å². The van der Waals surface area contributed by atoms with Gasteiger partial charge in [-0.05, 0) is 24.6 Å². The lowest BCUT2D eigenvalue weighted by atomic mass is 10.1. The molecular formula is C16H21F2N3O2. The number of nitrogens with one attached hydrogen (secondary N) is 2. The van der Waals surface area contributed by atoms with Crippen LogP contribution >= 0.6 is 0 Å². The molecular weight excluding hydrogens is 304 g/mol. The molecule has 1 aromatic rings. The SMILES string of the molecule is CCCC(=O)Nc1cccc(NC(=O)N2CCC(F)(F)CC2)c1. The Labute approximate surface area is 134 Å². The van der Waals surface area contributed by atoms with Gasteiger partial charge in [-0.2, -0.15) is 0 Å². The molecule has 1 aromatic carbocycles. The van der Waals surface area contributed by atoms with E-state index in [-0.39, 0.29) is 31.8 Å². The minimum absolute atomic E-state index is 0.0335. The normalized spacial score (nSPS) is 16.7. The maximum absolute atomic E-state index is 13.1. The Morgan fingerprint density at radius 3 is 2.39 bits per heavy atom. The lowest BCUT2D eigenvalue weighted by Gasteiger charge is -2.31. The van der Waals surface area contributed by atoms with Gasteiger partial charge in [-0.15, -0.1) is 0 Å². The van der Waals surface area contributed by atoms with Crippen molar-refractivity contribution < 1.29 is 18.4 Å². The van der Waals surface area contributed by atoms with E-state index in [1.807, 2.05) is 6.92 Å². The summed E-state index contributed by atoms with van der Waals surface area (Å²) < 4.78 is 26.2. The molecule has 2 rings (SSSR count). The van der Waals surface area contributed by atoms with Crippen LogP contribution in [-0.4, -0.2) is 35.9 Å². The van der Waals surface area contributed by atoms with E-state index in [4.69, 9.17) is 0 Å². The molecule has 1 aliphatic heterocycles. The predicted molar refractivity (Wildman–Crippen MR) is 84.8 cm³/mol. The molecule has 1 saturated heterocycles. The Balaban J connectivity index is 1.92. The summed E-state index contributed by atoms with van der Waals surface area (Å²) in [7, 11) is 0. The van der Waals surface area contributed by atoms with Gasteiger partial charge in [0.1, 0.15) is 0 Å². The van der Waals surface area contributed by atoms with Crippen LogP contribution in [0.25, 0.3) is 0 Å². The maximum atomic E-state index is 13.1. The summed E-state index contributed by atoms with van der Waals surface area (Å²) in [6.07, 6.45) is 0.557. The van der Waals surface area contributed by atoms with Gasteiger partial charge >= 0.3 is 6.03 Å². The molecule has 1 fully saturated rings. The molecule has 2 N–H and O–H groups in total. The summed E-state index contributed by atoms with van der Waals surface area (Å²) in [5, 5.41) is 5.42. The van der Waals surface area contributed by atoms with Crippen molar-refractivity contribution in [3.63, 3.8) is 0 Å². The Morgan fingerprint density at radius 2 is 1.78 bits per heavy atom. The number of alkyl halides is 2. The highest BCUT2D eigenvalue weighted by molar-refractivity contribution is 5.93. The lowest BCUT2D eigenvalue weighted by Crippen LogP contribution is -2.44. The Kier molecular flexibility index (Phi) is 5.52. The minimum Gasteiger partial charge on any atom is -0.326 e. The number of urea groups is 1. The van der Waals surface area contributed by atoms with Crippen LogP contribution < -0.4 is 10.6 Å². The Bertz CT molecular complexity index is 568. The van der Waals surface area contributed by atoms with Crippen LogP contribution in [0.15, 0.2) is 24.3 Å². The summed E-state index contributed by atoms with van der Waals surface area (Å²) in [5.41, 5.74) is 1.10. The van der Waals surface area contributed by atoms with Gasteiger partial charge in [-0.25, -0.2) is 13.6 Å². The van der Waals surface area contributed by atoms with Gasteiger partial charge in [0.2, 0.25) is 5.91 Å². The quantitative estimate of drug-likeness (QED) is 0.887. The molecule has 0 radical (unpaired) electrons. The number of carbonyl (C=O) groups is 2. The number of rotatable bonds is 4. The van der Waals surface area contributed by atoms with Crippen LogP contribution in [0.4, 0.5) is 25.0 Å². The fourth-order valence-corrected chi connectivity index (χ4v) is 2.36. The Hall–Kier alpha value is -2.18. The number of hydrogen-bond donors (Lipinski definition) is 2. The fourth-order valence-electron chi connectivity index (χ4n) is 2.36. The first-order chi connectivity index (χ1) is 10.9. The smallest absolute Gasteiger partial charge is 0.321 e. The van der Waals surface area contributed by atoms with Crippen molar-refractivity contribution in [1.82, 2.24) is 4.90 Å². The van der Waals surface area contributed by atoms with E-state index in [0.29, 0.717) is 17.8 Å². The van der Waals surface area contributed by atoms with Crippen LogP contribution in [0.1, 0.15) is 32.6 Å². The summed E-state index contributed by atoms with van der Waals surface area (Å²) in [6.45, 7) is 1.98. The summed E-state index contributed by atoms with van der Waals surface area (Å²) in [6, 6.07) is 6.36. The van der Waals surface area contributed by atoms with Gasteiger partial charge in [0.15, 0.2) is 0 Å². The van der Waals surface area contributed by atoms with Crippen LogP contribution in [0.5, 0.6) is 0 Å². The average molecular weight is 325 g/mol. The second kappa shape index (κ2) is 7.39. The number of anilines is 2. The molecule has 23 heavy (non-hydrogen) atoms. The first-order valence-corrected chi connectivity index (χ1v) is 7.73. The highest BCUT2D eigenvalue weighted by Crippen LogP contribution is 2.28. The van der Waals surface area contributed by atoms with Gasteiger partial charge in [-0.3, -0.25) is 4.79 Å². The van der Waals surface area contributed by atoms with Crippen LogP contribution in [0.2, 0.25) is 0 Å². The van der Waals surface area contributed by atoms with E-state index in [2.05, 4.69) is 10.6 Å². The molecule has 0 spiro atoms. The molecule has 7 heteroatoms. The number of hydrogen-bond acceptors (Lipinski definition) is 2. The zero-order chi connectivity index (χ0) is 16.9. The highest BCUT2D eigenvalue weighted by Gasteiger charge is 2.35. The highest BCUT2D eigenvalue weighted by atomic mass is 19.3. The zero-order valence-corrected chi connectivity index (χ0v) is 13.1. The lowest BCUT2D eigenvalue weighted by molar-refractivity contribution is -0.116. The first-order valence-electron chi connectivity index (χ1n) is 7.73. The van der Waals surface area contributed by atoms with Crippen molar-refractivity contribution >= 4 is 23.3 Å². The molecule has 0 bridgehead atoms. The largest absolute Gasteiger partial charge is 0.326 e. The van der Waals surface area contributed by atoms with E-state index < -0.39 is 12.0 Å². The molecule has 1 aliphatic rings. The van der Waals surface area contributed by atoms with Gasteiger partial charge < -0.3 is 15.5 Å². The van der Waals surface area contributed by atoms with Crippen LogP contribution in [0, 0.1) is 0 Å². The topological polar surface area (TPSA) is 61.4 Å². The zero-order valence-electron chi connectivity index (χ0n) is 13.1.